The van der Waals surface area contributed by atoms with Crippen LogP contribution in [-0.4, -0.2) is 21.3 Å². The molecule has 4 nitrogen and oxygen atoms in total. The zero-order valence-corrected chi connectivity index (χ0v) is 9.32. The van der Waals surface area contributed by atoms with Gasteiger partial charge in [-0.15, -0.1) is 5.10 Å². The molecule has 0 aliphatic carbocycles. The molecule has 6 heteroatoms. The summed E-state index contributed by atoms with van der Waals surface area (Å²) >= 11 is 1.13. The third-order valence-corrected chi connectivity index (χ3v) is 2.95. The van der Waals surface area contributed by atoms with Gasteiger partial charge in [-0.05, 0) is 30.3 Å². The quantitative estimate of drug-likeness (QED) is 0.906. The van der Waals surface area contributed by atoms with Gasteiger partial charge in [0.1, 0.15) is 10.8 Å². The lowest BCUT2D eigenvalue weighted by molar-refractivity contribution is 0.0692. The van der Waals surface area contributed by atoms with Crippen LogP contribution in [0.2, 0.25) is 0 Å². The van der Waals surface area contributed by atoms with Crippen LogP contribution >= 0.6 is 11.8 Å². The highest BCUT2D eigenvalue weighted by atomic mass is 32.2. The smallest absolute Gasteiger partial charge is 0.338 e. The molecular formula is C11H7FN2O2S. The third-order valence-electron chi connectivity index (χ3n) is 1.95. The Labute approximate surface area is 101 Å². The maximum atomic E-state index is 12.7. The predicted molar refractivity (Wildman–Crippen MR) is 59.5 cm³/mol. The number of carbonyl (C=O) groups is 1. The van der Waals surface area contributed by atoms with Crippen LogP contribution in [-0.2, 0) is 0 Å². The molecule has 86 valence electrons. The van der Waals surface area contributed by atoms with Gasteiger partial charge in [-0.25, -0.2) is 9.18 Å². The standard InChI is InChI=1S/C11H7FN2O2S/c12-7-1-3-8(4-2-7)17-10-9(11(15)16)5-6-13-14-10/h1-6H,(H,15,16). The second kappa shape index (κ2) is 4.92. The first kappa shape index (κ1) is 11.5. The van der Waals surface area contributed by atoms with Crippen molar-refractivity contribution in [1.29, 1.82) is 0 Å². The minimum atomic E-state index is -1.07. The molecular weight excluding hydrogens is 243 g/mol. The summed E-state index contributed by atoms with van der Waals surface area (Å²) in [5, 5.41) is 16.6. The Morgan fingerprint density at radius 2 is 1.94 bits per heavy atom. The Morgan fingerprint density at radius 3 is 2.59 bits per heavy atom. The number of aromatic carboxylic acids is 1. The van der Waals surface area contributed by atoms with Gasteiger partial charge in [0.25, 0.3) is 0 Å². The fourth-order valence-corrected chi connectivity index (χ4v) is 2.02. The first-order valence-corrected chi connectivity index (χ1v) is 5.47. The summed E-state index contributed by atoms with van der Waals surface area (Å²) in [5.74, 6) is -1.41. The number of hydrogen-bond donors (Lipinski definition) is 1. The van der Waals surface area contributed by atoms with Gasteiger partial charge in [0.15, 0.2) is 0 Å². The van der Waals surface area contributed by atoms with Crippen LogP contribution in [0.5, 0.6) is 0 Å². The number of nitrogens with zero attached hydrogens (tertiary/aromatic N) is 2. The molecule has 0 aliphatic rings. The monoisotopic (exact) mass is 250 g/mol. The highest BCUT2D eigenvalue weighted by molar-refractivity contribution is 7.99. The molecule has 0 amide bonds. The SMILES string of the molecule is O=C(O)c1ccnnc1Sc1ccc(F)cc1. The molecule has 0 spiro atoms. The minimum absolute atomic E-state index is 0.0781. The van der Waals surface area contributed by atoms with E-state index < -0.39 is 5.97 Å². The Kier molecular flexibility index (Phi) is 3.34. The molecule has 0 atom stereocenters. The van der Waals surface area contributed by atoms with E-state index in [1.54, 1.807) is 12.1 Å². The van der Waals surface area contributed by atoms with Crippen molar-refractivity contribution in [2.75, 3.05) is 0 Å². The Bertz CT molecular complexity index is 545. The number of halogens is 1. The highest BCUT2D eigenvalue weighted by Gasteiger charge is 2.12. The van der Waals surface area contributed by atoms with Crippen LogP contribution in [0.15, 0.2) is 46.5 Å². The predicted octanol–water partition coefficient (Wildman–Crippen LogP) is 2.47. The highest BCUT2D eigenvalue weighted by Crippen LogP contribution is 2.28. The molecule has 17 heavy (non-hydrogen) atoms. The molecule has 1 N–H and O–H groups in total. The van der Waals surface area contributed by atoms with Crippen LogP contribution in [0.4, 0.5) is 4.39 Å². The number of carboxylic acid groups (broad SMARTS) is 1. The maximum absolute atomic E-state index is 12.7. The van der Waals surface area contributed by atoms with E-state index in [2.05, 4.69) is 10.2 Å². The van der Waals surface area contributed by atoms with Crippen molar-refractivity contribution in [3.05, 3.63) is 47.9 Å². The van der Waals surface area contributed by atoms with Crippen molar-refractivity contribution >= 4 is 17.7 Å². The van der Waals surface area contributed by atoms with Crippen molar-refractivity contribution < 1.29 is 14.3 Å². The topological polar surface area (TPSA) is 63.1 Å². The average molecular weight is 250 g/mol. The van der Waals surface area contributed by atoms with Gasteiger partial charge in [-0.2, -0.15) is 5.10 Å². The van der Waals surface area contributed by atoms with Gasteiger partial charge in [-0.3, -0.25) is 0 Å². The van der Waals surface area contributed by atoms with E-state index in [0.29, 0.717) is 4.90 Å². The van der Waals surface area contributed by atoms with Crippen LogP contribution in [0, 0.1) is 5.82 Å². The van der Waals surface area contributed by atoms with Gasteiger partial charge < -0.3 is 5.11 Å². The molecule has 0 unspecified atom stereocenters. The first-order chi connectivity index (χ1) is 8.16. The first-order valence-electron chi connectivity index (χ1n) is 4.65. The molecule has 2 rings (SSSR count). The summed E-state index contributed by atoms with van der Waals surface area (Å²) < 4.78 is 12.7. The summed E-state index contributed by atoms with van der Waals surface area (Å²) in [6.07, 6.45) is 1.32. The molecule has 0 saturated heterocycles. The molecule has 0 saturated carbocycles. The second-order valence-corrected chi connectivity index (χ2v) is 4.17. The summed E-state index contributed by atoms with van der Waals surface area (Å²) in [6, 6.07) is 7.10. The van der Waals surface area contributed by atoms with E-state index >= 15 is 0 Å². The van der Waals surface area contributed by atoms with Gasteiger partial charge >= 0.3 is 5.97 Å². The van der Waals surface area contributed by atoms with Crippen molar-refractivity contribution in [3.8, 4) is 0 Å². The van der Waals surface area contributed by atoms with Gasteiger partial charge in [0, 0.05) is 4.90 Å². The van der Waals surface area contributed by atoms with Crippen molar-refractivity contribution in [3.63, 3.8) is 0 Å². The lowest BCUT2D eigenvalue weighted by Crippen LogP contribution is -2.01. The van der Waals surface area contributed by atoms with Gasteiger partial charge in [0.05, 0.1) is 11.8 Å². The van der Waals surface area contributed by atoms with Crippen LogP contribution in [0.25, 0.3) is 0 Å². The van der Waals surface area contributed by atoms with Crippen LogP contribution in [0.3, 0.4) is 0 Å². The third kappa shape index (κ3) is 2.79. The van der Waals surface area contributed by atoms with Crippen LogP contribution in [0.1, 0.15) is 10.4 Å². The van der Waals surface area contributed by atoms with E-state index in [-0.39, 0.29) is 16.4 Å². The lowest BCUT2D eigenvalue weighted by Gasteiger charge is -2.02. The Morgan fingerprint density at radius 1 is 1.24 bits per heavy atom. The van der Waals surface area contributed by atoms with Gasteiger partial charge in [-0.1, -0.05) is 11.8 Å². The molecule has 0 radical (unpaired) electrons. The zero-order chi connectivity index (χ0) is 12.3. The summed E-state index contributed by atoms with van der Waals surface area (Å²) in [5.41, 5.74) is 0.0781. The summed E-state index contributed by atoms with van der Waals surface area (Å²) in [4.78, 5) is 11.6. The Balaban J connectivity index is 2.30. The molecule has 1 aromatic heterocycles. The van der Waals surface area contributed by atoms with Crippen molar-refractivity contribution in [2.24, 2.45) is 0 Å². The van der Waals surface area contributed by atoms with Crippen molar-refractivity contribution in [2.45, 2.75) is 9.92 Å². The Hall–Kier alpha value is -1.95. The minimum Gasteiger partial charge on any atom is -0.478 e. The lowest BCUT2D eigenvalue weighted by atomic mass is 10.3. The maximum Gasteiger partial charge on any atom is 0.338 e. The average Bonchev–Trinajstić information content (AvgIpc) is 2.32. The number of carboxylic acids is 1. The van der Waals surface area contributed by atoms with Crippen molar-refractivity contribution in [1.82, 2.24) is 10.2 Å². The van der Waals surface area contributed by atoms with E-state index in [9.17, 15) is 9.18 Å². The van der Waals surface area contributed by atoms with E-state index in [4.69, 9.17) is 5.11 Å². The number of hydrogen-bond acceptors (Lipinski definition) is 4. The molecule has 0 aliphatic heterocycles. The fourth-order valence-electron chi connectivity index (χ4n) is 1.17. The zero-order valence-electron chi connectivity index (χ0n) is 8.50. The summed E-state index contributed by atoms with van der Waals surface area (Å²) in [6.45, 7) is 0. The van der Waals surface area contributed by atoms with Crippen LogP contribution < -0.4 is 0 Å². The van der Waals surface area contributed by atoms with E-state index in [1.165, 1.54) is 24.4 Å². The molecule has 0 bridgehead atoms. The number of benzene rings is 1. The largest absolute Gasteiger partial charge is 0.478 e. The fraction of sp³-hybridized carbons (Fsp3) is 0. The molecule has 2 aromatic rings. The molecule has 1 aromatic carbocycles. The molecule has 0 fully saturated rings. The molecule has 1 heterocycles. The summed E-state index contributed by atoms with van der Waals surface area (Å²) in [7, 11) is 0. The second-order valence-electron chi connectivity index (χ2n) is 3.11. The van der Waals surface area contributed by atoms with E-state index in [0.717, 1.165) is 11.8 Å². The van der Waals surface area contributed by atoms with E-state index in [1.807, 2.05) is 0 Å². The normalized spacial score (nSPS) is 10.2. The van der Waals surface area contributed by atoms with Gasteiger partial charge in [0.2, 0.25) is 0 Å². The number of rotatable bonds is 3. The number of aromatic nitrogens is 2.